The molecule has 0 saturated carbocycles. The van der Waals surface area contributed by atoms with E-state index < -0.39 is 23.7 Å². The standard InChI is InChI=1S/C18H13ClFN5O2/c19-14-7-12(4-1-10(14)9-21)23-18(27)15-8-16(17(22)26)25(24-15)13-5-2-11(20)3-6-13/h1-7,16H,8H2,(H2,22,26)(H,23,27). The molecule has 0 aromatic heterocycles. The second kappa shape index (κ2) is 7.43. The van der Waals surface area contributed by atoms with Gasteiger partial charge in [0.2, 0.25) is 5.91 Å². The van der Waals surface area contributed by atoms with E-state index in [0.717, 1.165) is 0 Å². The van der Waals surface area contributed by atoms with Crippen molar-refractivity contribution in [1.29, 1.82) is 5.26 Å². The molecule has 0 fully saturated rings. The molecular weight excluding hydrogens is 373 g/mol. The number of amides is 2. The van der Waals surface area contributed by atoms with Gasteiger partial charge in [0.05, 0.1) is 16.3 Å². The van der Waals surface area contributed by atoms with Crippen molar-refractivity contribution in [3.05, 3.63) is 58.9 Å². The molecule has 0 saturated heterocycles. The number of rotatable bonds is 4. The zero-order chi connectivity index (χ0) is 19.6. The van der Waals surface area contributed by atoms with Gasteiger partial charge in [0, 0.05) is 12.1 Å². The molecule has 7 nitrogen and oxygen atoms in total. The zero-order valence-corrected chi connectivity index (χ0v) is 14.6. The molecule has 1 aliphatic heterocycles. The molecule has 2 aromatic rings. The second-order valence-electron chi connectivity index (χ2n) is 5.75. The van der Waals surface area contributed by atoms with E-state index in [9.17, 15) is 14.0 Å². The summed E-state index contributed by atoms with van der Waals surface area (Å²) in [6.45, 7) is 0. The Morgan fingerprint density at radius 3 is 2.59 bits per heavy atom. The fraction of sp³-hybridized carbons (Fsp3) is 0.111. The number of hydrazone groups is 1. The molecule has 9 heteroatoms. The predicted molar refractivity (Wildman–Crippen MR) is 98.7 cm³/mol. The van der Waals surface area contributed by atoms with Crippen molar-refractivity contribution in [2.75, 3.05) is 10.3 Å². The minimum Gasteiger partial charge on any atom is -0.368 e. The minimum atomic E-state index is -0.860. The first-order valence-corrected chi connectivity index (χ1v) is 8.19. The Balaban J connectivity index is 1.83. The minimum absolute atomic E-state index is 0.00253. The first-order valence-electron chi connectivity index (χ1n) is 7.81. The van der Waals surface area contributed by atoms with Crippen LogP contribution in [0.1, 0.15) is 12.0 Å². The van der Waals surface area contributed by atoms with Gasteiger partial charge in [-0.05, 0) is 42.5 Å². The summed E-state index contributed by atoms with van der Waals surface area (Å²) in [6, 6.07) is 10.8. The number of carbonyl (C=O) groups is 2. The summed E-state index contributed by atoms with van der Waals surface area (Å²) in [5.41, 5.74) is 6.59. The molecule has 0 bridgehead atoms. The third-order valence-electron chi connectivity index (χ3n) is 3.94. The summed E-state index contributed by atoms with van der Waals surface area (Å²) >= 11 is 5.95. The number of anilines is 2. The Kier molecular flexibility index (Phi) is 5.05. The molecule has 1 heterocycles. The molecule has 0 radical (unpaired) electrons. The number of nitriles is 1. The van der Waals surface area contributed by atoms with Crippen LogP contribution in [0.4, 0.5) is 15.8 Å². The fourth-order valence-electron chi connectivity index (χ4n) is 2.59. The number of primary amides is 1. The maximum atomic E-state index is 13.1. The lowest BCUT2D eigenvalue weighted by Gasteiger charge is -2.20. The number of carbonyl (C=O) groups excluding carboxylic acids is 2. The third kappa shape index (κ3) is 3.88. The molecule has 136 valence electrons. The molecule has 3 rings (SSSR count). The van der Waals surface area contributed by atoms with Crippen molar-refractivity contribution in [2.45, 2.75) is 12.5 Å². The maximum absolute atomic E-state index is 13.1. The van der Waals surface area contributed by atoms with Gasteiger partial charge in [-0.25, -0.2) is 4.39 Å². The summed E-state index contributed by atoms with van der Waals surface area (Å²) in [5.74, 6) is -1.63. The summed E-state index contributed by atoms with van der Waals surface area (Å²) in [6.07, 6.45) is 0.00253. The number of hydrogen-bond acceptors (Lipinski definition) is 5. The van der Waals surface area contributed by atoms with Gasteiger partial charge in [-0.1, -0.05) is 11.6 Å². The number of hydrogen-bond donors (Lipinski definition) is 2. The number of nitrogens with one attached hydrogen (secondary N) is 1. The first kappa shape index (κ1) is 18.4. The number of nitrogens with zero attached hydrogens (tertiary/aromatic N) is 3. The van der Waals surface area contributed by atoms with Gasteiger partial charge in [-0.15, -0.1) is 0 Å². The summed E-state index contributed by atoms with van der Waals surface area (Å²) < 4.78 is 13.1. The highest BCUT2D eigenvalue weighted by atomic mass is 35.5. The molecule has 1 aliphatic rings. The molecule has 2 amide bonds. The van der Waals surface area contributed by atoms with Crippen LogP contribution >= 0.6 is 11.6 Å². The van der Waals surface area contributed by atoms with E-state index in [1.54, 1.807) is 0 Å². The zero-order valence-electron chi connectivity index (χ0n) is 13.8. The van der Waals surface area contributed by atoms with Gasteiger partial charge in [-0.2, -0.15) is 10.4 Å². The van der Waals surface area contributed by atoms with Gasteiger partial charge < -0.3 is 11.1 Å². The van der Waals surface area contributed by atoms with Crippen LogP contribution in [0.25, 0.3) is 0 Å². The molecule has 1 atom stereocenters. The molecule has 27 heavy (non-hydrogen) atoms. The fourth-order valence-corrected chi connectivity index (χ4v) is 2.81. The van der Waals surface area contributed by atoms with E-state index in [1.165, 1.54) is 47.5 Å². The van der Waals surface area contributed by atoms with E-state index in [-0.39, 0.29) is 22.7 Å². The van der Waals surface area contributed by atoms with Gasteiger partial charge >= 0.3 is 0 Å². The SMILES string of the molecule is N#Cc1ccc(NC(=O)C2=NN(c3ccc(F)cc3)C(C(N)=O)C2)cc1Cl. The average molecular weight is 386 g/mol. The van der Waals surface area contributed by atoms with Crippen molar-refractivity contribution in [3.8, 4) is 6.07 Å². The highest BCUT2D eigenvalue weighted by Gasteiger charge is 2.35. The second-order valence-corrected chi connectivity index (χ2v) is 6.16. The summed E-state index contributed by atoms with van der Waals surface area (Å²) in [5, 5.41) is 17.2. The van der Waals surface area contributed by atoms with E-state index in [0.29, 0.717) is 11.4 Å². The Morgan fingerprint density at radius 2 is 2.00 bits per heavy atom. The van der Waals surface area contributed by atoms with Crippen LogP contribution < -0.4 is 16.1 Å². The summed E-state index contributed by atoms with van der Waals surface area (Å²) in [4.78, 5) is 24.2. The van der Waals surface area contributed by atoms with Crippen LogP contribution in [-0.4, -0.2) is 23.6 Å². The summed E-state index contributed by atoms with van der Waals surface area (Å²) in [7, 11) is 0. The van der Waals surface area contributed by atoms with Crippen LogP contribution in [0.3, 0.4) is 0 Å². The van der Waals surface area contributed by atoms with Crippen molar-refractivity contribution in [2.24, 2.45) is 10.8 Å². The van der Waals surface area contributed by atoms with E-state index in [1.807, 2.05) is 6.07 Å². The van der Waals surface area contributed by atoms with Gasteiger partial charge in [0.25, 0.3) is 5.91 Å². The van der Waals surface area contributed by atoms with E-state index in [4.69, 9.17) is 22.6 Å². The average Bonchev–Trinajstić information content (AvgIpc) is 3.08. The Morgan fingerprint density at radius 1 is 1.30 bits per heavy atom. The van der Waals surface area contributed by atoms with Crippen LogP contribution in [0, 0.1) is 17.1 Å². The maximum Gasteiger partial charge on any atom is 0.271 e. The monoisotopic (exact) mass is 385 g/mol. The Labute approximate surface area is 158 Å². The molecule has 0 spiro atoms. The lowest BCUT2D eigenvalue weighted by molar-refractivity contribution is -0.119. The van der Waals surface area contributed by atoms with Crippen LogP contribution in [0.15, 0.2) is 47.6 Å². The first-order chi connectivity index (χ1) is 12.9. The highest BCUT2D eigenvalue weighted by Crippen LogP contribution is 2.26. The van der Waals surface area contributed by atoms with Crippen LogP contribution in [0.2, 0.25) is 5.02 Å². The molecule has 1 unspecified atom stereocenters. The van der Waals surface area contributed by atoms with Gasteiger partial charge in [0.15, 0.2) is 0 Å². The van der Waals surface area contributed by atoms with E-state index in [2.05, 4.69) is 10.4 Å². The lowest BCUT2D eigenvalue weighted by atomic mass is 10.1. The third-order valence-corrected chi connectivity index (χ3v) is 4.25. The normalized spacial score (nSPS) is 15.8. The van der Waals surface area contributed by atoms with Crippen LogP contribution in [0.5, 0.6) is 0 Å². The lowest BCUT2D eigenvalue weighted by Crippen LogP contribution is -2.39. The Bertz CT molecular complexity index is 984. The smallest absolute Gasteiger partial charge is 0.271 e. The topological polar surface area (TPSA) is 112 Å². The van der Waals surface area contributed by atoms with Crippen molar-refractivity contribution in [3.63, 3.8) is 0 Å². The number of benzene rings is 2. The van der Waals surface area contributed by atoms with Gasteiger partial charge in [0.1, 0.15) is 23.6 Å². The molecular formula is C18H13ClFN5O2. The molecule has 3 N–H and O–H groups in total. The Hall–Kier alpha value is -3.44. The van der Waals surface area contributed by atoms with Crippen LogP contribution in [-0.2, 0) is 9.59 Å². The largest absolute Gasteiger partial charge is 0.368 e. The van der Waals surface area contributed by atoms with Crippen molar-refractivity contribution >= 4 is 40.5 Å². The number of halogens is 2. The van der Waals surface area contributed by atoms with Gasteiger partial charge in [-0.3, -0.25) is 14.6 Å². The molecule has 0 aliphatic carbocycles. The van der Waals surface area contributed by atoms with Crippen molar-refractivity contribution in [1.82, 2.24) is 0 Å². The van der Waals surface area contributed by atoms with E-state index >= 15 is 0 Å². The number of nitrogens with two attached hydrogens (primary N) is 1. The quantitative estimate of drug-likeness (QED) is 0.841. The highest BCUT2D eigenvalue weighted by molar-refractivity contribution is 6.44. The van der Waals surface area contributed by atoms with Crippen molar-refractivity contribution < 1.29 is 14.0 Å². The molecule has 2 aromatic carbocycles. The predicted octanol–water partition coefficient (Wildman–Crippen LogP) is 2.41.